The number of methoxy groups -OCH3 is 1. The second-order valence-electron chi connectivity index (χ2n) is 5.34. The van der Waals surface area contributed by atoms with Crippen LogP contribution in [0.5, 0.6) is 5.75 Å². The summed E-state index contributed by atoms with van der Waals surface area (Å²) >= 11 is 6.11. The lowest BCUT2D eigenvalue weighted by Gasteiger charge is -2.42. The van der Waals surface area contributed by atoms with Crippen LogP contribution in [0.4, 0.5) is 5.69 Å². The first-order chi connectivity index (χ1) is 10.1. The maximum Gasteiger partial charge on any atom is 0.250 e. The molecule has 2 heterocycles. The summed E-state index contributed by atoms with van der Waals surface area (Å²) in [7, 11) is 1.54. The summed E-state index contributed by atoms with van der Waals surface area (Å²) in [5.41, 5.74) is 0.643. The predicted octanol–water partition coefficient (Wildman–Crippen LogP) is 2.08. The largest absolute Gasteiger partial charge is 0.495 e. The lowest BCUT2D eigenvalue weighted by molar-refractivity contribution is -0.144. The van der Waals surface area contributed by atoms with Crippen molar-refractivity contribution < 1.29 is 14.3 Å². The van der Waals surface area contributed by atoms with Crippen LogP contribution in [0.3, 0.4) is 0 Å². The third-order valence-electron chi connectivity index (χ3n) is 4.11. The van der Waals surface area contributed by atoms with Gasteiger partial charge in [-0.05, 0) is 37.5 Å². The van der Waals surface area contributed by atoms with Crippen molar-refractivity contribution in [3.8, 4) is 5.75 Å². The van der Waals surface area contributed by atoms with Gasteiger partial charge < -0.3 is 14.5 Å². The molecule has 2 amide bonds. The van der Waals surface area contributed by atoms with Crippen LogP contribution >= 0.6 is 11.6 Å². The fraction of sp³-hybridized carbons (Fsp3) is 0.467. The lowest BCUT2D eigenvalue weighted by atomic mass is 9.98. The van der Waals surface area contributed by atoms with E-state index in [9.17, 15) is 9.59 Å². The van der Waals surface area contributed by atoms with Gasteiger partial charge in [0.2, 0.25) is 11.8 Å². The van der Waals surface area contributed by atoms with Gasteiger partial charge in [0.05, 0.1) is 12.1 Å². The highest BCUT2D eigenvalue weighted by atomic mass is 35.5. The van der Waals surface area contributed by atoms with E-state index >= 15 is 0 Å². The number of nitrogens with zero attached hydrogens (tertiary/aromatic N) is 2. The van der Waals surface area contributed by atoms with Gasteiger partial charge in [-0.2, -0.15) is 0 Å². The Kier molecular flexibility index (Phi) is 3.76. The highest BCUT2D eigenvalue weighted by Crippen LogP contribution is 2.32. The number of carbonyl (C=O) groups excluding carboxylic acids is 2. The number of halogens is 1. The Labute approximate surface area is 128 Å². The molecular weight excluding hydrogens is 292 g/mol. The first kappa shape index (κ1) is 14.2. The normalized spacial score (nSPS) is 22.3. The van der Waals surface area contributed by atoms with Crippen molar-refractivity contribution in [2.24, 2.45) is 0 Å². The summed E-state index contributed by atoms with van der Waals surface area (Å²) < 4.78 is 5.11. The summed E-state index contributed by atoms with van der Waals surface area (Å²) in [6.07, 6.45) is 2.70. The van der Waals surface area contributed by atoms with Crippen LogP contribution in [-0.2, 0) is 9.59 Å². The Hall–Kier alpha value is -1.75. The molecule has 0 spiro atoms. The van der Waals surface area contributed by atoms with E-state index < -0.39 is 0 Å². The monoisotopic (exact) mass is 308 g/mol. The minimum Gasteiger partial charge on any atom is -0.495 e. The Balaban J connectivity index is 1.90. The molecule has 2 aliphatic heterocycles. The van der Waals surface area contributed by atoms with Gasteiger partial charge in [-0.15, -0.1) is 0 Å². The number of anilines is 1. The number of benzene rings is 1. The molecule has 1 unspecified atom stereocenters. The van der Waals surface area contributed by atoms with Crippen LogP contribution in [0.15, 0.2) is 18.2 Å². The molecule has 0 aliphatic carbocycles. The number of piperazine rings is 1. The van der Waals surface area contributed by atoms with Crippen LogP contribution < -0.4 is 9.64 Å². The molecule has 0 radical (unpaired) electrons. The van der Waals surface area contributed by atoms with Gasteiger partial charge in [0.25, 0.3) is 0 Å². The highest BCUT2D eigenvalue weighted by molar-refractivity contribution is 6.32. The van der Waals surface area contributed by atoms with E-state index in [-0.39, 0.29) is 24.4 Å². The van der Waals surface area contributed by atoms with Crippen molar-refractivity contribution >= 4 is 29.1 Å². The number of rotatable bonds is 2. The molecule has 0 N–H and O–H groups in total. The number of carbonyl (C=O) groups is 2. The molecule has 2 fully saturated rings. The maximum absolute atomic E-state index is 12.6. The van der Waals surface area contributed by atoms with E-state index in [2.05, 4.69) is 0 Å². The molecule has 2 saturated heterocycles. The standard InChI is InChI=1S/C15H17ClN2O3/c1-21-13-6-5-10(8-11(13)16)18-9-14(19)17-7-3-2-4-12(17)15(18)20/h5-6,8,12H,2-4,7,9H2,1H3. The first-order valence-corrected chi connectivity index (χ1v) is 7.44. The summed E-state index contributed by atoms with van der Waals surface area (Å²) in [6, 6.07) is 4.82. The quantitative estimate of drug-likeness (QED) is 0.840. The number of ether oxygens (including phenoxy) is 1. The van der Waals surface area contributed by atoms with Gasteiger partial charge in [0, 0.05) is 12.2 Å². The Morgan fingerprint density at radius 2 is 2.10 bits per heavy atom. The topological polar surface area (TPSA) is 49.9 Å². The zero-order chi connectivity index (χ0) is 15.0. The lowest BCUT2D eigenvalue weighted by Crippen LogP contribution is -2.61. The molecule has 0 bridgehead atoms. The van der Waals surface area contributed by atoms with E-state index in [0.717, 1.165) is 19.3 Å². The zero-order valence-corrected chi connectivity index (χ0v) is 12.6. The van der Waals surface area contributed by atoms with Crippen molar-refractivity contribution in [1.82, 2.24) is 4.90 Å². The van der Waals surface area contributed by atoms with E-state index in [1.54, 1.807) is 23.1 Å². The molecular formula is C15H17ClN2O3. The Bertz CT molecular complexity index is 590. The van der Waals surface area contributed by atoms with Crippen molar-refractivity contribution in [1.29, 1.82) is 0 Å². The third kappa shape index (κ3) is 2.46. The van der Waals surface area contributed by atoms with Crippen LogP contribution in [0.2, 0.25) is 5.02 Å². The van der Waals surface area contributed by atoms with Gasteiger partial charge in [-0.3, -0.25) is 9.59 Å². The number of amides is 2. The van der Waals surface area contributed by atoms with Crippen LogP contribution in [0.1, 0.15) is 19.3 Å². The zero-order valence-electron chi connectivity index (χ0n) is 11.8. The van der Waals surface area contributed by atoms with Crippen molar-refractivity contribution in [2.45, 2.75) is 25.3 Å². The van der Waals surface area contributed by atoms with Crippen molar-refractivity contribution in [3.05, 3.63) is 23.2 Å². The predicted molar refractivity (Wildman–Crippen MR) is 79.7 cm³/mol. The SMILES string of the molecule is COc1ccc(N2CC(=O)N3CCCCC3C2=O)cc1Cl. The van der Waals surface area contributed by atoms with Crippen LogP contribution in [0, 0.1) is 0 Å². The summed E-state index contributed by atoms with van der Waals surface area (Å²) in [4.78, 5) is 28.1. The van der Waals surface area contributed by atoms with Gasteiger partial charge >= 0.3 is 0 Å². The van der Waals surface area contributed by atoms with E-state index in [0.29, 0.717) is 23.0 Å². The fourth-order valence-electron chi connectivity index (χ4n) is 3.01. The maximum atomic E-state index is 12.6. The average Bonchev–Trinajstić information content (AvgIpc) is 2.51. The molecule has 0 saturated carbocycles. The van der Waals surface area contributed by atoms with Crippen LogP contribution in [0.25, 0.3) is 0 Å². The second-order valence-corrected chi connectivity index (χ2v) is 5.75. The molecule has 3 rings (SSSR count). The summed E-state index contributed by atoms with van der Waals surface area (Å²) in [5.74, 6) is 0.539. The Morgan fingerprint density at radius 1 is 1.29 bits per heavy atom. The molecule has 0 aromatic heterocycles. The van der Waals surface area contributed by atoms with Crippen LogP contribution in [-0.4, -0.2) is 43.0 Å². The Morgan fingerprint density at radius 3 is 2.81 bits per heavy atom. The number of hydrogen-bond acceptors (Lipinski definition) is 3. The second kappa shape index (κ2) is 5.56. The highest BCUT2D eigenvalue weighted by Gasteiger charge is 2.40. The molecule has 1 atom stereocenters. The van der Waals surface area contributed by atoms with E-state index in [4.69, 9.17) is 16.3 Å². The molecule has 5 nitrogen and oxygen atoms in total. The molecule has 1 aromatic carbocycles. The minimum atomic E-state index is -0.319. The van der Waals surface area contributed by atoms with E-state index in [1.165, 1.54) is 12.0 Å². The molecule has 112 valence electrons. The van der Waals surface area contributed by atoms with E-state index in [1.807, 2.05) is 0 Å². The van der Waals surface area contributed by atoms with Gasteiger partial charge in [0.1, 0.15) is 18.3 Å². The number of piperidine rings is 1. The molecule has 6 heteroatoms. The number of fused-ring (bicyclic) bond motifs is 1. The summed E-state index contributed by atoms with van der Waals surface area (Å²) in [5, 5.41) is 0.432. The molecule has 1 aromatic rings. The summed E-state index contributed by atoms with van der Waals surface area (Å²) in [6.45, 7) is 0.768. The van der Waals surface area contributed by atoms with Gasteiger partial charge in [0.15, 0.2) is 0 Å². The smallest absolute Gasteiger partial charge is 0.250 e. The van der Waals surface area contributed by atoms with Crippen molar-refractivity contribution in [3.63, 3.8) is 0 Å². The fourth-order valence-corrected chi connectivity index (χ4v) is 3.26. The molecule has 21 heavy (non-hydrogen) atoms. The number of hydrogen-bond donors (Lipinski definition) is 0. The van der Waals surface area contributed by atoms with Gasteiger partial charge in [-0.1, -0.05) is 11.6 Å². The first-order valence-electron chi connectivity index (χ1n) is 7.06. The van der Waals surface area contributed by atoms with Gasteiger partial charge in [-0.25, -0.2) is 0 Å². The molecule has 2 aliphatic rings. The minimum absolute atomic E-state index is 0.00578. The third-order valence-corrected chi connectivity index (χ3v) is 4.41. The average molecular weight is 309 g/mol. The van der Waals surface area contributed by atoms with Crippen molar-refractivity contribution in [2.75, 3.05) is 25.1 Å².